The Morgan fingerprint density at radius 3 is 2.75 bits per heavy atom. The smallest absolute Gasteiger partial charge is 0.341 e. The highest BCUT2D eigenvalue weighted by atomic mass is 16.5. The predicted molar refractivity (Wildman–Crippen MR) is 86.9 cm³/mol. The van der Waals surface area contributed by atoms with E-state index in [1.807, 2.05) is 25.1 Å². The molecule has 6 nitrogen and oxygen atoms in total. The minimum atomic E-state index is -1.08. The summed E-state index contributed by atoms with van der Waals surface area (Å²) in [5, 5.41) is 8.94. The van der Waals surface area contributed by atoms with Gasteiger partial charge in [-0.05, 0) is 36.8 Å². The standard InChI is InChI=1S/C18H14O6/c1-11-3-2-4-13(7-11)24-16-9-23-15-8-12(22-10-17(19)20)5-6-14(15)18(16)21/h2-9H,10H2,1H3,(H,19,20). The molecule has 24 heavy (non-hydrogen) atoms. The van der Waals surface area contributed by atoms with Crippen molar-refractivity contribution in [1.29, 1.82) is 0 Å². The molecule has 1 N–H and O–H groups in total. The largest absolute Gasteiger partial charge is 0.482 e. The third-order valence-electron chi connectivity index (χ3n) is 3.29. The number of rotatable bonds is 5. The summed E-state index contributed by atoms with van der Waals surface area (Å²) in [5.74, 6) is -0.158. The number of ether oxygens (including phenoxy) is 2. The van der Waals surface area contributed by atoms with E-state index in [1.54, 1.807) is 6.07 Å². The Kier molecular flexibility index (Phi) is 4.20. The third kappa shape index (κ3) is 3.38. The van der Waals surface area contributed by atoms with Gasteiger partial charge >= 0.3 is 5.97 Å². The van der Waals surface area contributed by atoms with Crippen molar-refractivity contribution < 1.29 is 23.8 Å². The first-order valence-corrected chi connectivity index (χ1v) is 7.17. The van der Waals surface area contributed by atoms with Crippen LogP contribution in [0.3, 0.4) is 0 Å². The Morgan fingerprint density at radius 2 is 2.00 bits per heavy atom. The zero-order valence-corrected chi connectivity index (χ0v) is 12.8. The maximum absolute atomic E-state index is 12.5. The summed E-state index contributed by atoms with van der Waals surface area (Å²) in [6.45, 7) is 1.46. The SMILES string of the molecule is Cc1cccc(Oc2coc3cc(OCC(=O)O)ccc3c2=O)c1. The second-order valence-corrected chi connectivity index (χ2v) is 5.19. The van der Waals surface area contributed by atoms with Gasteiger partial charge in [0.1, 0.15) is 23.3 Å². The van der Waals surface area contributed by atoms with Crippen molar-refractivity contribution in [2.75, 3.05) is 6.61 Å². The number of fused-ring (bicyclic) bond motifs is 1. The van der Waals surface area contributed by atoms with Gasteiger partial charge in [0.15, 0.2) is 6.61 Å². The van der Waals surface area contributed by atoms with E-state index in [-0.39, 0.29) is 11.2 Å². The Labute approximate surface area is 136 Å². The number of hydrogen-bond acceptors (Lipinski definition) is 5. The van der Waals surface area contributed by atoms with E-state index in [0.717, 1.165) is 5.56 Å². The molecule has 0 unspecified atom stereocenters. The van der Waals surface area contributed by atoms with Gasteiger partial charge in [-0.25, -0.2) is 4.79 Å². The Hall–Kier alpha value is -3.28. The van der Waals surface area contributed by atoms with Crippen molar-refractivity contribution in [2.24, 2.45) is 0 Å². The maximum atomic E-state index is 12.5. The average Bonchev–Trinajstić information content (AvgIpc) is 2.55. The van der Waals surface area contributed by atoms with Crippen LogP contribution < -0.4 is 14.9 Å². The first kappa shape index (κ1) is 15.6. The first-order chi connectivity index (χ1) is 11.5. The number of carboxylic acids is 1. The van der Waals surface area contributed by atoms with Gasteiger partial charge in [-0.1, -0.05) is 12.1 Å². The minimum Gasteiger partial charge on any atom is -0.482 e. The second-order valence-electron chi connectivity index (χ2n) is 5.19. The highest BCUT2D eigenvalue weighted by Gasteiger charge is 2.11. The van der Waals surface area contributed by atoms with Crippen LogP contribution in [-0.4, -0.2) is 17.7 Å². The lowest BCUT2D eigenvalue weighted by Crippen LogP contribution is -2.09. The molecule has 0 saturated carbocycles. The third-order valence-corrected chi connectivity index (χ3v) is 3.29. The van der Waals surface area contributed by atoms with Crippen LogP contribution in [0.2, 0.25) is 0 Å². The van der Waals surface area contributed by atoms with Crippen LogP contribution in [0.25, 0.3) is 11.0 Å². The highest BCUT2D eigenvalue weighted by Crippen LogP contribution is 2.24. The highest BCUT2D eigenvalue weighted by molar-refractivity contribution is 5.79. The van der Waals surface area contributed by atoms with Crippen LogP contribution >= 0.6 is 0 Å². The van der Waals surface area contributed by atoms with Gasteiger partial charge in [-0.3, -0.25) is 4.79 Å². The van der Waals surface area contributed by atoms with Gasteiger partial charge in [-0.2, -0.15) is 0 Å². The topological polar surface area (TPSA) is 86.0 Å². The lowest BCUT2D eigenvalue weighted by atomic mass is 10.2. The molecule has 0 aliphatic carbocycles. The van der Waals surface area contributed by atoms with Gasteiger partial charge in [0.2, 0.25) is 11.2 Å². The molecule has 2 aromatic carbocycles. The second kappa shape index (κ2) is 6.45. The monoisotopic (exact) mass is 326 g/mol. The maximum Gasteiger partial charge on any atom is 0.341 e. The van der Waals surface area contributed by atoms with Crippen molar-refractivity contribution in [3.8, 4) is 17.2 Å². The summed E-state index contributed by atoms with van der Waals surface area (Å²) in [7, 11) is 0. The Bertz CT molecular complexity index is 957. The van der Waals surface area contributed by atoms with E-state index in [2.05, 4.69) is 0 Å². The molecule has 0 saturated heterocycles. The molecule has 1 aromatic heterocycles. The molecule has 3 aromatic rings. The fourth-order valence-electron chi connectivity index (χ4n) is 2.20. The van der Waals surface area contributed by atoms with E-state index in [9.17, 15) is 9.59 Å². The van der Waals surface area contributed by atoms with E-state index >= 15 is 0 Å². The molecule has 0 bridgehead atoms. The van der Waals surface area contributed by atoms with Crippen LogP contribution in [0.15, 0.2) is 57.9 Å². The normalized spacial score (nSPS) is 10.5. The number of carbonyl (C=O) groups is 1. The summed E-state index contributed by atoms with van der Waals surface area (Å²) in [5.41, 5.74) is 0.986. The molecule has 3 rings (SSSR count). The Balaban J connectivity index is 1.92. The molecule has 1 heterocycles. The zero-order valence-electron chi connectivity index (χ0n) is 12.8. The van der Waals surface area contributed by atoms with Gasteiger partial charge < -0.3 is 19.0 Å². The number of aryl methyl sites for hydroxylation is 1. The lowest BCUT2D eigenvalue weighted by Gasteiger charge is -2.07. The quantitative estimate of drug-likeness (QED) is 0.774. The van der Waals surface area contributed by atoms with Crippen molar-refractivity contribution in [1.82, 2.24) is 0 Å². The molecule has 0 spiro atoms. The summed E-state index contributed by atoms with van der Waals surface area (Å²) in [6.07, 6.45) is 1.23. The molecule has 122 valence electrons. The molecule has 0 aliphatic heterocycles. The fourth-order valence-corrected chi connectivity index (χ4v) is 2.20. The van der Waals surface area contributed by atoms with Crippen molar-refractivity contribution in [3.63, 3.8) is 0 Å². The number of hydrogen-bond donors (Lipinski definition) is 1. The molecular formula is C18H14O6. The summed E-state index contributed by atoms with van der Waals surface area (Å²) < 4.78 is 16.1. The number of aliphatic carboxylic acids is 1. The zero-order chi connectivity index (χ0) is 17.1. The fraction of sp³-hybridized carbons (Fsp3) is 0.111. The van der Waals surface area contributed by atoms with Crippen LogP contribution in [0.4, 0.5) is 0 Å². The molecule has 0 amide bonds. The molecular weight excluding hydrogens is 312 g/mol. The summed E-state index contributed by atoms with van der Waals surface area (Å²) in [6, 6.07) is 11.8. The van der Waals surface area contributed by atoms with Gasteiger partial charge in [0.25, 0.3) is 0 Å². The van der Waals surface area contributed by atoms with Crippen LogP contribution in [0, 0.1) is 6.92 Å². The van der Waals surface area contributed by atoms with E-state index < -0.39 is 12.6 Å². The molecule has 0 atom stereocenters. The molecule has 0 radical (unpaired) electrons. The van der Waals surface area contributed by atoms with Gasteiger partial charge in [0, 0.05) is 6.07 Å². The van der Waals surface area contributed by atoms with E-state index in [1.165, 1.54) is 24.5 Å². The number of benzene rings is 2. The molecule has 0 aliphatic rings. The average molecular weight is 326 g/mol. The summed E-state index contributed by atoms with van der Waals surface area (Å²) >= 11 is 0. The first-order valence-electron chi connectivity index (χ1n) is 7.17. The van der Waals surface area contributed by atoms with Crippen molar-refractivity contribution in [3.05, 3.63) is 64.5 Å². The molecule has 0 fully saturated rings. The van der Waals surface area contributed by atoms with Crippen molar-refractivity contribution >= 4 is 16.9 Å². The van der Waals surface area contributed by atoms with Crippen LogP contribution in [-0.2, 0) is 4.79 Å². The van der Waals surface area contributed by atoms with Crippen molar-refractivity contribution in [2.45, 2.75) is 6.92 Å². The van der Waals surface area contributed by atoms with Gasteiger partial charge in [-0.15, -0.1) is 0 Å². The minimum absolute atomic E-state index is 0.0762. The number of carboxylic acid groups (broad SMARTS) is 1. The lowest BCUT2D eigenvalue weighted by molar-refractivity contribution is -0.139. The van der Waals surface area contributed by atoms with Crippen LogP contribution in [0.5, 0.6) is 17.2 Å². The van der Waals surface area contributed by atoms with E-state index in [0.29, 0.717) is 22.5 Å². The summed E-state index contributed by atoms with van der Waals surface area (Å²) in [4.78, 5) is 23.0. The Morgan fingerprint density at radius 1 is 1.17 bits per heavy atom. The predicted octanol–water partition coefficient (Wildman–Crippen LogP) is 3.36. The van der Waals surface area contributed by atoms with E-state index in [4.69, 9.17) is 19.0 Å². The van der Waals surface area contributed by atoms with Gasteiger partial charge in [0.05, 0.1) is 5.39 Å². The van der Waals surface area contributed by atoms with Crippen LogP contribution in [0.1, 0.15) is 5.56 Å². The molecule has 6 heteroatoms.